The van der Waals surface area contributed by atoms with Crippen LogP contribution in [0.15, 0.2) is 71.7 Å². The molecule has 4 aromatic rings. The van der Waals surface area contributed by atoms with Gasteiger partial charge in [0.2, 0.25) is 5.91 Å². The third-order valence-electron chi connectivity index (χ3n) is 7.01. The zero-order valence-corrected chi connectivity index (χ0v) is 22.8. The lowest BCUT2D eigenvalue weighted by atomic mass is 9.91. The van der Waals surface area contributed by atoms with Gasteiger partial charge in [-0.2, -0.15) is 0 Å². The Morgan fingerprint density at radius 1 is 1.10 bits per heavy atom. The predicted molar refractivity (Wildman–Crippen MR) is 154 cm³/mol. The zero-order valence-electron chi connectivity index (χ0n) is 21.3. The largest absolute Gasteiger partial charge is 0.384 e. The summed E-state index contributed by atoms with van der Waals surface area (Å²) in [6, 6.07) is 18.1. The molecule has 39 heavy (non-hydrogen) atoms. The first-order chi connectivity index (χ1) is 18.8. The van der Waals surface area contributed by atoms with E-state index in [1.54, 1.807) is 16.8 Å². The highest BCUT2D eigenvalue weighted by molar-refractivity contribution is 6.31. The molecule has 8 nitrogen and oxygen atoms in total. The summed E-state index contributed by atoms with van der Waals surface area (Å²) < 4.78 is 1.55. The van der Waals surface area contributed by atoms with Gasteiger partial charge < -0.3 is 16.4 Å². The van der Waals surface area contributed by atoms with Crippen LogP contribution in [0.1, 0.15) is 46.5 Å². The van der Waals surface area contributed by atoms with Crippen molar-refractivity contribution in [1.82, 2.24) is 19.9 Å². The Morgan fingerprint density at radius 2 is 1.79 bits per heavy atom. The fourth-order valence-electron chi connectivity index (χ4n) is 4.98. The SMILES string of the molecule is Cc1nc(N)ccc1CNC(=O)[C@@H]1CCc2cnc(NCC(c3cccc(Cl)c3)c3cccc(Cl)c3)c(=O)n21. The van der Waals surface area contributed by atoms with Crippen LogP contribution < -0.4 is 21.9 Å². The molecule has 0 saturated heterocycles. The van der Waals surface area contributed by atoms with Gasteiger partial charge in [0.25, 0.3) is 5.56 Å². The Balaban J connectivity index is 1.36. The van der Waals surface area contributed by atoms with Crippen molar-refractivity contribution in [3.8, 4) is 0 Å². The van der Waals surface area contributed by atoms with Crippen LogP contribution in [-0.2, 0) is 17.8 Å². The van der Waals surface area contributed by atoms with E-state index in [1.807, 2.05) is 61.5 Å². The molecule has 1 amide bonds. The number of pyridine rings is 1. The van der Waals surface area contributed by atoms with E-state index < -0.39 is 6.04 Å². The number of halogens is 2. The molecule has 3 heterocycles. The van der Waals surface area contributed by atoms with Gasteiger partial charge in [0.1, 0.15) is 11.9 Å². The van der Waals surface area contributed by atoms with Gasteiger partial charge in [-0.15, -0.1) is 0 Å². The average Bonchev–Trinajstić information content (AvgIpc) is 3.35. The zero-order chi connectivity index (χ0) is 27.5. The quantitative estimate of drug-likeness (QED) is 0.282. The molecule has 5 rings (SSSR count). The maximum Gasteiger partial charge on any atom is 0.294 e. The van der Waals surface area contributed by atoms with Crippen LogP contribution in [0.4, 0.5) is 11.6 Å². The van der Waals surface area contributed by atoms with Crippen LogP contribution in [0, 0.1) is 6.92 Å². The molecule has 0 radical (unpaired) electrons. The number of nitrogen functional groups attached to an aromatic ring is 1. The molecule has 1 aliphatic rings. The Bertz CT molecular complexity index is 1540. The fraction of sp³-hybridized carbons (Fsp3) is 0.241. The van der Waals surface area contributed by atoms with Gasteiger partial charge in [-0.3, -0.25) is 14.2 Å². The number of fused-ring (bicyclic) bond motifs is 1. The number of rotatable bonds is 8. The second-order valence-corrected chi connectivity index (χ2v) is 10.4. The summed E-state index contributed by atoms with van der Waals surface area (Å²) >= 11 is 12.6. The Hall–Kier alpha value is -3.88. The van der Waals surface area contributed by atoms with Gasteiger partial charge in [-0.1, -0.05) is 53.5 Å². The number of hydrogen-bond acceptors (Lipinski definition) is 6. The topological polar surface area (TPSA) is 115 Å². The molecule has 0 unspecified atom stereocenters. The van der Waals surface area contributed by atoms with Crippen molar-refractivity contribution in [1.29, 1.82) is 0 Å². The summed E-state index contributed by atoms with van der Waals surface area (Å²) in [4.78, 5) is 35.3. The van der Waals surface area contributed by atoms with E-state index in [9.17, 15) is 9.59 Å². The third-order valence-corrected chi connectivity index (χ3v) is 7.48. The van der Waals surface area contributed by atoms with E-state index in [4.69, 9.17) is 28.9 Å². The van der Waals surface area contributed by atoms with Crippen molar-refractivity contribution in [3.05, 3.63) is 115 Å². The molecular formula is C29H28Cl2N6O2. The molecule has 0 bridgehead atoms. The predicted octanol–water partition coefficient (Wildman–Crippen LogP) is 4.88. The van der Waals surface area contributed by atoms with Gasteiger partial charge in [0.15, 0.2) is 5.82 Å². The Kier molecular flexibility index (Phi) is 7.86. The molecular weight excluding hydrogens is 535 g/mol. The maximum atomic E-state index is 13.5. The number of benzene rings is 2. The number of nitrogens with zero attached hydrogens (tertiary/aromatic N) is 3. The van der Waals surface area contributed by atoms with Crippen LogP contribution in [0.5, 0.6) is 0 Å². The van der Waals surface area contributed by atoms with Crippen molar-refractivity contribution >= 4 is 40.7 Å². The number of aryl methyl sites for hydroxylation is 2. The maximum absolute atomic E-state index is 13.5. The standard InChI is InChI=1S/C29H28Cl2N6O2/c1-17-20(8-11-26(32)36-17)14-35-28(38)25-10-9-23-15-33-27(29(39)37(23)25)34-16-24(18-4-2-6-21(30)12-18)19-5-3-7-22(31)13-19/h2-8,11-13,15,24-25H,9-10,14,16H2,1H3,(H2,32,36)(H,33,34)(H,35,38)/t25-/m0/s1. The number of carbonyl (C=O) groups is 1. The fourth-order valence-corrected chi connectivity index (χ4v) is 5.38. The molecule has 200 valence electrons. The van der Waals surface area contributed by atoms with E-state index in [2.05, 4.69) is 20.6 Å². The lowest BCUT2D eigenvalue weighted by Gasteiger charge is -2.20. The van der Waals surface area contributed by atoms with Crippen LogP contribution in [0.3, 0.4) is 0 Å². The molecule has 2 aromatic heterocycles. The van der Waals surface area contributed by atoms with Crippen molar-refractivity contribution in [2.45, 2.75) is 38.3 Å². The third kappa shape index (κ3) is 5.92. The van der Waals surface area contributed by atoms with Crippen molar-refractivity contribution in [3.63, 3.8) is 0 Å². The van der Waals surface area contributed by atoms with E-state index in [-0.39, 0.29) is 23.2 Å². The van der Waals surface area contributed by atoms with Crippen LogP contribution in [0.2, 0.25) is 10.0 Å². The van der Waals surface area contributed by atoms with Gasteiger partial charge in [-0.25, -0.2) is 9.97 Å². The molecule has 2 aromatic carbocycles. The smallest absolute Gasteiger partial charge is 0.294 e. The summed E-state index contributed by atoms with van der Waals surface area (Å²) in [6.07, 6.45) is 2.79. The lowest BCUT2D eigenvalue weighted by molar-refractivity contribution is -0.124. The summed E-state index contributed by atoms with van der Waals surface area (Å²) in [5.41, 5.74) is 9.71. The number of anilines is 2. The average molecular weight is 563 g/mol. The monoisotopic (exact) mass is 562 g/mol. The Morgan fingerprint density at radius 3 is 2.44 bits per heavy atom. The molecule has 0 saturated carbocycles. The first kappa shape index (κ1) is 26.7. The van der Waals surface area contributed by atoms with Crippen molar-refractivity contribution in [2.24, 2.45) is 0 Å². The number of hydrogen-bond donors (Lipinski definition) is 3. The normalized spacial score (nSPS) is 14.3. The minimum atomic E-state index is -0.616. The Labute approximate surface area is 236 Å². The second kappa shape index (κ2) is 11.5. The summed E-state index contributed by atoms with van der Waals surface area (Å²) in [7, 11) is 0. The van der Waals surface area contributed by atoms with Crippen LogP contribution in [0.25, 0.3) is 0 Å². The van der Waals surface area contributed by atoms with Gasteiger partial charge in [0.05, 0.1) is 0 Å². The highest BCUT2D eigenvalue weighted by Crippen LogP contribution is 2.29. The molecule has 1 atom stereocenters. The highest BCUT2D eigenvalue weighted by atomic mass is 35.5. The highest BCUT2D eigenvalue weighted by Gasteiger charge is 2.31. The summed E-state index contributed by atoms with van der Waals surface area (Å²) in [5.74, 6) is 0.253. The first-order valence-corrected chi connectivity index (χ1v) is 13.4. The minimum absolute atomic E-state index is 0.141. The summed E-state index contributed by atoms with van der Waals surface area (Å²) in [6.45, 7) is 2.52. The van der Waals surface area contributed by atoms with Crippen molar-refractivity contribution in [2.75, 3.05) is 17.6 Å². The number of carbonyl (C=O) groups excluding carboxylic acids is 1. The molecule has 10 heteroatoms. The molecule has 0 fully saturated rings. The van der Waals surface area contributed by atoms with Crippen molar-refractivity contribution < 1.29 is 4.79 Å². The second-order valence-electron chi connectivity index (χ2n) is 9.57. The number of nitrogens with two attached hydrogens (primary N) is 1. The van der Waals surface area contributed by atoms with Crippen LogP contribution in [-0.4, -0.2) is 27.0 Å². The number of nitrogens with one attached hydrogen (secondary N) is 2. The first-order valence-electron chi connectivity index (χ1n) is 12.6. The van der Waals surface area contributed by atoms with E-state index in [0.717, 1.165) is 28.1 Å². The molecule has 4 N–H and O–H groups in total. The molecule has 1 aliphatic heterocycles. The van der Waals surface area contributed by atoms with Gasteiger partial charge in [0, 0.05) is 46.6 Å². The molecule has 0 aliphatic carbocycles. The van der Waals surface area contributed by atoms with E-state index in [1.165, 1.54) is 0 Å². The van der Waals surface area contributed by atoms with Crippen LogP contribution >= 0.6 is 23.2 Å². The van der Waals surface area contributed by atoms with E-state index in [0.29, 0.717) is 41.8 Å². The van der Waals surface area contributed by atoms with Gasteiger partial charge in [-0.05, 0) is 66.8 Å². The number of amides is 1. The molecule has 0 spiro atoms. The lowest BCUT2D eigenvalue weighted by Crippen LogP contribution is -2.36. The number of aromatic nitrogens is 3. The van der Waals surface area contributed by atoms with E-state index >= 15 is 0 Å². The minimum Gasteiger partial charge on any atom is -0.384 e. The van der Waals surface area contributed by atoms with Gasteiger partial charge >= 0.3 is 0 Å². The summed E-state index contributed by atoms with van der Waals surface area (Å²) in [5, 5.41) is 7.41.